The number of aryl methyl sites for hydroxylation is 2. The van der Waals surface area contributed by atoms with Crippen molar-refractivity contribution in [2.75, 3.05) is 19.7 Å². The highest BCUT2D eigenvalue weighted by molar-refractivity contribution is 7.09. The maximum atomic E-state index is 12.6. The number of pyridine rings is 1. The number of piperidine rings is 1. The number of likely N-dealkylation sites (tertiary alicyclic amines) is 1. The zero-order chi connectivity index (χ0) is 24.8. The lowest BCUT2D eigenvalue weighted by Gasteiger charge is -2.31. The number of amides is 3. The molecule has 0 saturated carbocycles. The second kappa shape index (κ2) is 11.1. The van der Waals surface area contributed by atoms with Crippen molar-refractivity contribution in [3.8, 4) is 5.75 Å². The standard InChI is InChI=1S/C25H27N5O4S/c1-16-6-7-19(13-17(16)2)34-14-22(31)30-11-8-18(9-12-30)25-27-21(15-35-25)24(33)29-28-23(32)20-5-3-4-10-26-20/h3-7,10,13,15,18H,8-9,11-12,14H2,1-2H3,(H,28,32)(H,29,33). The average Bonchev–Trinajstić information content (AvgIpc) is 3.39. The van der Waals surface area contributed by atoms with E-state index < -0.39 is 11.8 Å². The van der Waals surface area contributed by atoms with E-state index in [4.69, 9.17) is 4.74 Å². The number of hydrogen-bond acceptors (Lipinski definition) is 7. The van der Waals surface area contributed by atoms with E-state index in [1.165, 1.54) is 23.1 Å². The molecule has 1 saturated heterocycles. The molecule has 1 aliphatic rings. The van der Waals surface area contributed by atoms with Gasteiger partial charge in [-0.3, -0.25) is 30.2 Å². The van der Waals surface area contributed by atoms with Gasteiger partial charge in [0.1, 0.15) is 17.1 Å². The maximum absolute atomic E-state index is 12.6. The van der Waals surface area contributed by atoms with Gasteiger partial charge in [-0.25, -0.2) is 4.98 Å². The predicted octanol–water partition coefficient (Wildman–Crippen LogP) is 3.01. The molecule has 0 spiro atoms. The highest BCUT2D eigenvalue weighted by atomic mass is 32.1. The van der Waals surface area contributed by atoms with Gasteiger partial charge < -0.3 is 9.64 Å². The third kappa shape index (κ3) is 6.21. The maximum Gasteiger partial charge on any atom is 0.289 e. The van der Waals surface area contributed by atoms with Gasteiger partial charge in [0.25, 0.3) is 17.7 Å². The summed E-state index contributed by atoms with van der Waals surface area (Å²) in [6.45, 7) is 5.29. The lowest BCUT2D eigenvalue weighted by atomic mass is 9.97. The Morgan fingerprint density at radius 3 is 2.46 bits per heavy atom. The molecule has 0 bridgehead atoms. The van der Waals surface area contributed by atoms with Crippen molar-refractivity contribution in [3.63, 3.8) is 0 Å². The highest BCUT2D eigenvalue weighted by Crippen LogP contribution is 2.30. The number of nitrogens with zero attached hydrogens (tertiary/aromatic N) is 3. The molecule has 2 N–H and O–H groups in total. The van der Waals surface area contributed by atoms with Crippen LogP contribution < -0.4 is 15.6 Å². The Kier molecular flexibility index (Phi) is 7.71. The molecule has 1 aromatic carbocycles. The molecule has 3 heterocycles. The molecule has 0 aliphatic carbocycles. The number of benzene rings is 1. The van der Waals surface area contributed by atoms with Crippen molar-refractivity contribution in [2.24, 2.45) is 0 Å². The smallest absolute Gasteiger partial charge is 0.289 e. The van der Waals surface area contributed by atoms with Gasteiger partial charge in [-0.1, -0.05) is 12.1 Å². The molecule has 0 radical (unpaired) electrons. The summed E-state index contributed by atoms with van der Waals surface area (Å²) in [7, 11) is 0. The SMILES string of the molecule is Cc1ccc(OCC(=O)N2CCC(c3nc(C(=O)NNC(=O)c4ccccn4)cs3)CC2)cc1C. The van der Waals surface area contributed by atoms with Crippen LogP contribution >= 0.6 is 11.3 Å². The molecule has 182 valence electrons. The minimum atomic E-state index is -0.507. The van der Waals surface area contributed by atoms with Crippen LogP contribution in [0, 0.1) is 13.8 Å². The summed E-state index contributed by atoms with van der Waals surface area (Å²) in [5.74, 6) is -0.166. The fourth-order valence-electron chi connectivity index (χ4n) is 3.73. The van der Waals surface area contributed by atoms with Crippen molar-refractivity contribution >= 4 is 29.1 Å². The summed E-state index contributed by atoms with van der Waals surface area (Å²) in [6.07, 6.45) is 3.03. The van der Waals surface area contributed by atoms with E-state index in [2.05, 4.69) is 20.8 Å². The molecule has 10 heteroatoms. The van der Waals surface area contributed by atoms with Gasteiger partial charge >= 0.3 is 0 Å². The molecular weight excluding hydrogens is 466 g/mol. The summed E-state index contributed by atoms with van der Waals surface area (Å²) in [6, 6.07) is 10.7. The summed E-state index contributed by atoms with van der Waals surface area (Å²) >= 11 is 1.41. The first kappa shape index (κ1) is 24.3. The van der Waals surface area contributed by atoms with E-state index >= 15 is 0 Å². The topological polar surface area (TPSA) is 114 Å². The molecule has 0 unspecified atom stereocenters. The van der Waals surface area contributed by atoms with Crippen LogP contribution in [0.1, 0.15) is 55.9 Å². The van der Waals surface area contributed by atoms with Crippen LogP contribution in [0.15, 0.2) is 48.0 Å². The number of ether oxygens (including phenoxy) is 1. The zero-order valence-corrected chi connectivity index (χ0v) is 20.4. The van der Waals surface area contributed by atoms with Crippen LogP contribution in [-0.2, 0) is 4.79 Å². The molecule has 1 aliphatic heterocycles. The molecule has 35 heavy (non-hydrogen) atoms. The van der Waals surface area contributed by atoms with Gasteiger partial charge in [-0.2, -0.15) is 0 Å². The van der Waals surface area contributed by atoms with Crippen LogP contribution in [0.25, 0.3) is 0 Å². The van der Waals surface area contributed by atoms with E-state index in [9.17, 15) is 14.4 Å². The van der Waals surface area contributed by atoms with Crippen molar-refractivity contribution < 1.29 is 19.1 Å². The molecule has 3 amide bonds. The predicted molar refractivity (Wildman–Crippen MR) is 131 cm³/mol. The van der Waals surface area contributed by atoms with Crippen LogP contribution in [0.2, 0.25) is 0 Å². The summed E-state index contributed by atoms with van der Waals surface area (Å²) < 4.78 is 5.69. The van der Waals surface area contributed by atoms with Gasteiger partial charge in [0.2, 0.25) is 0 Å². The molecule has 9 nitrogen and oxygen atoms in total. The van der Waals surface area contributed by atoms with Gasteiger partial charge in [-0.15, -0.1) is 11.3 Å². The molecule has 2 aromatic heterocycles. The number of aromatic nitrogens is 2. The molecule has 3 aromatic rings. The third-order valence-corrected chi connectivity index (χ3v) is 6.99. The van der Waals surface area contributed by atoms with Crippen molar-refractivity contribution in [2.45, 2.75) is 32.6 Å². The van der Waals surface area contributed by atoms with Gasteiger partial charge in [0, 0.05) is 30.6 Å². The summed E-state index contributed by atoms with van der Waals surface area (Å²) in [5.41, 5.74) is 7.46. The molecule has 1 fully saturated rings. The Labute approximate surface area is 207 Å². The Bertz CT molecular complexity index is 1210. The van der Waals surface area contributed by atoms with Crippen LogP contribution in [-0.4, -0.2) is 52.3 Å². The van der Waals surface area contributed by atoms with Gasteiger partial charge in [0.15, 0.2) is 6.61 Å². The van der Waals surface area contributed by atoms with Crippen molar-refractivity contribution in [3.05, 3.63) is 75.5 Å². The quantitative estimate of drug-likeness (QED) is 0.511. The Morgan fingerprint density at radius 1 is 1.03 bits per heavy atom. The second-order valence-corrected chi connectivity index (χ2v) is 9.27. The van der Waals surface area contributed by atoms with Crippen molar-refractivity contribution in [1.82, 2.24) is 25.7 Å². The normalized spacial score (nSPS) is 13.8. The molecular formula is C25H27N5O4S. The minimum absolute atomic E-state index is 0.0129. The third-order valence-electron chi connectivity index (χ3n) is 5.98. The van der Waals surface area contributed by atoms with Crippen LogP contribution in [0.4, 0.5) is 0 Å². The fourth-order valence-corrected chi connectivity index (χ4v) is 4.71. The summed E-state index contributed by atoms with van der Waals surface area (Å²) in [5, 5.41) is 2.52. The first-order valence-corrected chi connectivity index (χ1v) is 12.2. The number of thiazole rings is 1. The first-order chi connectivity index (χ1) is 16.9. The lowest BCUT2D eigenvalue weighted by molar-refractivity contribution is -0.134. The van der Waals surface area contributed by atoms with Crippen molar-refractivity contribution in [1.29, 1.82) is 0 Å². The fraction of sp³-hybridized carbons (Fsp3) is 0.320. The van der Waals surface area contributed by atoms with E-state index in [1.54, 1.807) is 23.6 Å². The minimum Gasteiger partial charge on any atom is -0.484 e. The number of carbonyl (C=O) groups excluding carboxylic acids is 3. The van der Waals surface area contributed by atoms with Crippen LogP contribution in [0.5, 0.6) is 5.75 Å². The Balaban J connectivity index is 1.23. The largest absolute Gasteiger partial charge is 0.484 e. The number of carbonyl (C=O) groups is 3. The average molecular weight is 494 g/mol. The number of nitrogens with one attached hydrogen (secondary N) is 2. The summed E-state index contributed by atoms with van der Waals surface area (Å²) in [4.78, 5) is 47.2. The molecule has 4 rings (SSSR count). The lowest BCUT2D eigenvalue weighted by Crippen LogP contribution is -2.42. The van der Waals surface area contributed by atoms with E-state index in [-0.39, 0.29) is 29.8 Å². The van der Waals surface area contributed by atoms with E-state index in [0.717, 1.165) is 23.4 Å². The van der Waals surface area contributed by atoms with Gasteiger partial charge in [-0.05, 0) is 62.1 Å². The van der Waals surface area contributed by atoms with Crippen LogP contribution in [0.3, 0.4) is 0 Å². The van der Waals surface area contributed by atoms with E-state index in [1.807, 2.05) is 36.9 Å². The second-order valence-electron chi connectivity index (χ2n) is 8.38. The zero-order valence-electron chi connectivity index (χ0n) is 19.6. The molecule has 0 atom stereocenters. The number of hydrazine groups is 1. The Hall–Kier alpha value is -3.79. The highest BCUT2D eigenvalue weighted by Gasteiger charge is 2.26. The van der Waals surface area contributed by atoms with E-state index in [0.29, 0.717) is 18.8 Å². The monoisotopic (exact) mass is 493 g/mol. The van der Waals surface area contributed by atoms with Gasteiger partial charge in [0.05, 0.1) is 5.01 Å². The first-order valence-electron chi connectivity index (χ1n) is 11.4. The number of rotatable bonds is 6. The number of hydrogen-bond donors (Lipinski definition) is 2. The Morgan fingerprint density at radius 2 is 1.77 bits per heavy atom.